The second kappa shape index (κ2) is 7.40. The fourth-order valence-electron chi connectivity index (χ4n) is 1.98. The Morgan fingerprint density at radius 1 is 0.870 bits per heavy atom. The molecule has 0 spiro atoms. The molecule has 0 aliphatic rings. The molecular weight excluding hydrogens is 356 g/mol. The van der Waals surface area contributed by atoms with E-state index in [2.05, 4.69) is 4.74 Å². The molecule has 1 unspecified atom stereocenters. The van der Waals surface area contributed by atoms with Gasteiger partial charge in [-0.15, -0.1) is 0 Å². The van der Waals surface area contributed by atoms with E-state index in [0.717, 1.165) is 7.11 Å². The maximum absolute atomic E-state index is 13.9. The fourth-order valence-corrected chi connectivity index (χ4v) is 4.96. The minimum absolute atomic E-state index is 0.532. The topological polar surface area (TPSA) is 18.5 Å². The van der Waals surface area contributed by atoms with Gasteiger partial charge in [-0.3, -0.25) is 0 Å². The summed E-state index contributed by atoms with van der Waals surface area (Å²) < 4.78 is 116. The van der Waals surface area contributed by atoms with Crippen molar-refractivity contribution in [3.8, 4) is 0 Å². The number of hydrogen-bond acceptors (Lipinski definition) is 2. The Labute approximate surface area is 126 Å². The molecule has 130 valence electrons. The highest BCUT2D eigenvalue weighted by Crippen LogP contribution is 2.28. The van der Waals surface area contributed by atoms with E-state index in [1.165, 1.54) is 6.92 Å². The lowest BCUT2D eigenvalue weighted by molar-refractivity contribution is 0.210. The maximum atomic E-state index is 13.9. The summed E-state index contributed by atoms with van der Waals surface area (Å²) in [5, 5.41) is -1.76. The van der Waals surface area contributed by atoms with Crippen LogP contribution >= 0.6 is 0 Å². The van der Waals surface area contributed by atoms with Gasteiger partial charge in [0.2, 0.25) is 5.82 Å². The van der Waals surface area contributed by atoms with Crippen molar-refractivity contribution in [3.63, 3.8) is 0 Å². The van der Waals surface area contributed by atoms with Crippen LogP contribution in [0.1, 0.15) is 6.92 Å². The SMILES string of the molecule is CCO[Si](COC)(C(F)=C(F)F)c1c(F)c(F)c(F)c(F)c1F. The van der Waals surface area contributed by atoms with Crippen LogP contribution in [0.4, 0.5) is 35.1 Å². The normalized spacial score (nSPS) is 13.8. The zero-order valence-corrected chi connectivity index (χ0v) is 12.8. The summed E-state index contributed by atoms with van der Waals surface area (Å²) in [5.41, 5.74) is -2.38. The predicted molar refractivity (Wildman–Crippen MR) is 65.5 cm³/mol. The molecule has 0 saturated carbocycles. The van der Waals surface area contributed by atoms with E-state index in [0.29, 0.717) is 0 Å². The molecule has 0 aliphatic heterocycles. The standard InChI is InChI=1S/C12H10F8O2Si/c1-3-22-23(4-21-2,12(20)11(18)19)10-8(16)6(14)5(13)7(15)9(10)17/h3-4H2,1-2H3. The van der Waals surface area contributed by atoms with Crippen molar-refractivity contribution < 1.29 is 44.3 Å². The van der Waals surface area contributed by atoms with Crippen molar-refractivity contribution in [3.05, 3.63) is 40.6 Å². The largest absolute Gasteiger partial charge is 0.405 e. The molecule has 0 amide bonds. The monoisotopic (exact) mass is 366 g/mol. The summed E-state index contributed by atoms with van der Waals surface area (Å²) in [6.07, 6.45) is -4.12. The molecule has 0 aliphatic carbocycles. The van der Waals surface area contributed by atoms with Crippen molar-refractivity contribution in [1.82, 2.24) is 0 Å². The van der Waals surface area contributed by atoms with Gasteiger partial charge in [0, 0.05) is 13.7 Å². The van der Waals surface area contributed by atoms with E-state index in [9.17, 15) is 35.1 Å². The predicted octanol–water partition coefficient (Wildman–Crippen LogP) is 3.37. The Morgan fingerprint density at radius 3 is 1.65 bits per heavy atom. The molecular formula is C12H10F8O2Si. The van der Waals surface area contributed by atoms with Crippen molar-refractivity contribution in [2.45, 2.75) is 6.92 Å². The molecule has 0 heterocycles. The highest BCUT2D eigenvalue weighted by atomic mass is 28.4. The second-order valence-corrected chi connectivity index (χ2v) is 7.38. The highest BCUT2D eigenvalue weighted by Gasteiger charge is 2.52. The number of benzene rings is 1. The summed E-state index contributed by atoms with van der Waals surface area (Å²) in [6.45, 7) is 0.642. The highest BCUT2D eigenvalue weighted by molar-refractivity contribution is 6.92. The molecule has 0 fully saturated rings. The van der Waals surface area contributed by atoms with Gasteiger partial charge in [0.05, 0.1) is 11.4 Å². The van der Waals surface area contributed by atoms with Crippen molar-refractivity contribution >= 4 is 13.5 Å². The fraction of sp³-hybridized carbons (Fsp3) is 0.333. The smallest absolute Gasteiger partial charge is 0.325 e. The third-order valence-electron chi connectivity index (χ3n) is 2.87. The van der Waals surface area contributed by atoms with Crippen LogP contribution < -0.4 is 5.19 Å². The van der Waals surface area contributed by atoms with Crippen LogP contribution in [-0.4, -0.2) is 28.3 Å². The maximum Gasteiger partial charge on any atom is 0.325 e. The average Bonchev–Trinajstić information content (AvgIpc) is 2.50. The summed E-state index contributed by atoms with van der Waals surface area (Å²) in [6, 6.07) is 0. The van der Waals surface area contributed by atoms with E-state index >= 15 is 0 Å². The summed E-state index contributed by atoms with van der Waals surface area (Å²) >= 11 is 0. The zero-order chi connectivity index (χ0) is 17.9. The van der Waals surface area contributed by atoms with Crippen LogP contribution in [0, 0.1) is 29.1 Å². The lowest BCUT2D eigenvalue weighted by Gasteiger charge is -2.29. The van der Waals surface area contributed by atoms with Gasteiger partial charge in [0.1, 0.15) is 0 Å². The third kappa shape index (κ3) is 3.26. The Hall–Kier alpha value is -1.46. The van der Waals surface area contributed by atoms with Gasteiger partial charge in [0.25, 0.3) is 6.08 Å². The summed E-state index contributed by atoms with van der Waals surface area (Å²) in [4.78, 5) is 0. The third-order valence-corrected chi connectivity index (χ3v) is 6.49. The van der Waals surface area contributed by atoms with Gasteiger partial charge in [-0.2, -0.15) is 8.78 Å². The van der Waals surface area contributed by atoms with E-state index < -0.39 is 67.0 Å². The lowest BCUT2D eigenvalue weighted by Crippen LogP contribution is -2.60. The molecule has 1 aromatic carbocycles. The van der Waals surface area contributed by atoms with Crippen molar-refractivity contribution in [2.24, 2.45) is 0 Å². The molecule has 1 rings (SSSR count). The van der Waals surface area contributed by atoms with Gasteiger partial charge in [-0.1, -0.05) is 0 Å². The molecule has 0 radical (unpaired) electrons. The van der Waals surface area contributed by atoms with Gasteiger partial charge < -0.3 is 9.16 Å². The second-order valence-electron chi connectivity index (χ2n) is 4.21. The molecule has 1 atom stereocenters. The van der Waals surface area contributed by atoms with Gasteiger partial charge in [-0.05, 0) is 6.92 Å². The van der Waals surface area contributed by atoms with E-state index in [4.69, 9.17) is 4.43 Å². The van der Waals surface area contributed by atoms with Crippen molar-refractivity contribution in [1.29, 1.82) is 0 Å². The van der Waals surface area contributed by atoms with Gasteiger partial charge in [-0.25, -0.2) is 26.3 Å². The van der Waals surface area contributed by atoms with E-state index in [-0.39, 0.29) is 0 Å². The van der Waals surface area contributed by atoms with Crippen LogP contribution in [0.15, 0.2) is 11.5 Å². The molecule has 2 nitrogen and oxygen atoms in total. The Morgan fingerprint density at radius 2 is 1.30 bits per heavy atom. The lowest BCUT2D eigenvalue weighted by atomic mass is 10.3. The number of methoxy groups -OCH3 is 1. The number of ether oxygens (including phenoxy) is 1. The molecule has 1 aromatic rings. The molecule has 23 heavy (non-hydrogen) atoms. The van der Waals surface area contributed by atoms with Crippen LogP contribution in [0.3, 0.4) is 0 Å². The van der Waals surface area contributed by atoms with Gasteiger partial charge >= 0.3 is 8.32 Å². The zero-order valence-electron chi connectivity index (χ0n) is 11.8. The van der Waals surface area contributed by atoms with Crippen LogP contribution in [0.25, 0.3) is 0 Å². The molecule has 0 aromatic heterocycles. The first-order valence-corrected chi connectivity index (χ1v) is 8.13. The number of rotatable bonds is 6. The van der Waals surface area contributed by atoms with Gasteiger partial charge in [0.15, 0.2) is 28.7 Å². The first-order valence-electron chi connectivity index (χ1n) is 6.01. The number of halogens is 8. The van der Waals surface area contributed by atoms with E-state index in [1.54, 1.807) is 0 Å². The van der Waals surface area contributed by atoms with Crippen LogP contribution in [-0.2, 0) is 9.16 Å². The molecule has 0 N–H and O–H groups in total. The molecule has 11 heteroatoms. The minimum Gasteiger partial charge on any atom is -0.405 e. The minimum atomic E-state index is -5.17. The van der Waals surface area contributed by atoms with Crippen molar-refractivity contribution in [2.75, 3.05) is 19.9 Å². The molecule has 0 bridgehead atoms. The summed E-state index contributed by atoms with van der Waals surface area (Å²) in [7, 11) is -4.30. The Kier molecular flexibility index (Phi) is 6.30. The Bertz CT molecular complexity index is 595. The first-order chi connectivity index (χ1) is 10.7. The quantitative estimate of drug-likeness (QED) is 0.333. The van der Waals surface area contributed by atoms with Crippen LogP contribution in [0.2, 0.25) is 0 Å². The first kappa shape index (κ1) is 19.6. The molecule has 0 saturated heterocycles. The summed E-state index contributed by atoms with van der Waals surface area (Å²) in [5.74, 6) is -12.1. The van der Waals surface area contributed by atoms with E-state index in [1.807, 2.05) is 0 Å². The van der Waals surface area contributed by atoms with Crippen LogP contribution in [0.5, 0.6) is 0 Å². The average molecular weight is 366 g/mol. The number of hydrogen-bond donors (Lipinski definition) is 0. The Balaban J connectivity index is 3.92.